The van der Waals surface area contributed by atoms with Crippen LogP contribution in [0.25, 0.3) is 0 Å². The molecule has 1 heterocycles. The molecule has 2 N–H and O–H groups in total. The van der Waals surface area contributed by atoms with Crippen molar-refractivity contribution in [3.63, 3.8) is 0 Å². The monoisotopic (exact) mass is 294 g/mol. The van der Waals surface area contributed by atoms with Gasteiger partial charge in [0.15, 0.2) is 11.6 Å². The van der Waals surface area contributed by atoms with Crippen molar-refractivity contribution in [3.8, 4) is 5.75 Å². The number of likely N-dealkylation sites (tertiary alicyclic amines) is 1. The summed E-state index contributed by atoms with van der Waals surface area (Å²) >= 11 is 0. The number of nitrogens with two attached hydrogens (primary N) is 1. The van der Waals surface area contributed by atoms with E-state index in [1.54, 1.807) is 12.1 Å². The first-order valence-corrected chi connectivity index (χ1v) is 7.84. The Balaban J connectivity index is 2.08. The smallest absolute Gasteiger partial charge is 0.165 e. The van der Waals surface area contributed by atoms with E-state index in [2.05, 4.69) is 18.7 Å². The van der Waals surface area contributed by atoms with Crippen molar-refractivity contribution in [1.82, 2.24) is 4.90 Å². The van der Waals surface area contributed by atoms with Crippen molar-refractivity contribution in [2.24, 2.45) is 17.6 Å². The van der Waals surface area contributed by atoms with Gasteiger partial charge in [-0.1, -0.05) is 19.9 Å². The number of piperidine rings is 1. The van der Waals surface area contributed by atoms with Crippen molar-refractivity contribution < 1.29 is 9.13 Å². The highest BCUT2D eigenvalue weighted by molar-refractivity contribution is 5.31. The summed E-state index contributed by atoms with van der Waals surface area (Å²) in [5, 5.41) is 0. The van der Waals surface area contributed by atoms with Crippen molar-refractivity contribution in [2.75, 3.05) is 26.7 Å². The molecule has 2 rings (SSSR count). The lowest BCUT2D eigenvalue weighted by Crippen LogP contribution is -2.40. The van der Waals surface area contributed by atoms with Gasteiger partial charge in [0.25, 0.3) is 0 Å². The highest BCUT2D eigenvalue weighted by Crippen LogP contribution is 2.31. The third-order valence-electron chi connectivity index (χ3n) is 4.74. The van der Waals surface area contributed by atoms with Gasteiger partial charge < -0.3 is 10.5 Å². The molecule has 1 aromatic rings. The predicted molar refractivity (Wildman–Crippen MR) is 83.9 cm³/mol. The fourth-order valence-electron chi connectivity index (χ4n) is 3.28. The maximum atomic E-state index is 13.9. The van der Waals surface area contributed by atoms with Gasteiger partial charge in [-0.05, 0) is 55.5 Å². The fraction of sp³-hybridized carbons (Fsp3) is 0.647. The quantitative estimate of drug-likeness (QED) is 0.906. The highest BCUT2D eigenvalue weighted by atomic mass is 19.1. The minimum atomic E-state index is -0.314. The normalized spacial score (nSPS) is 19.0. The first-order valence-electron chi connectivity index (χ1n) is 7.84. The number of benzene rings is 1. The number of methoxy groups -OCH3 is 1. The third-order valence-corrected chi connectivity index (χ3v) is 4.74. The number of hydrogen-bond acceptors (Lipinski definition) is 3. The second-order valence-electron chi connectivity index (χ2n) is 6.26. The first kappa shape index (κ1) is 16.2. The molecule has 1 aliphatic rings. The predicted octanol–water partition coefficient (Wildman–Crippen LogP) is 3.20. The van der Waals surface area contributed by atoms with E-state index in [0.717, 1.165) is 30.5 Å². The van der Waals surface area contributed by atoms with E-state index in [1.807, 2.05) is 6.07 Å². The Labute approximate surface area is 127 Å². The maximum absolute atomic E-state index is 13.9. The van der Waals surface area contributed by atoms with Crippen molar-refractivity contribution >= 4 is 0 Å². The minimum absolute atomic E-state index is 0.0959. The van der Waals surface area contributed by atoms with E-state index >= 15 is 0 Å². The third kappa shape index (κ3) is 3.74. The second-order valence-corrected chi connectivity index (χ2v) is 6.26. The van der Waals surface area contributed by atoms with E-state index in [0.29, 0.717) is 6.54 Å². The van der Waals surface area contributed by atoms with E-state index in [1.165, 1.54) is 20.0 Å². The molecule has 1 aliphatic heterocycles. The summed E-state index contributed by atoms with van der Waals surface area (Å²) in [6, 6.07) is 5.27. The summed E-state index contributed by atoms with van der Waals surface area (Å²) in [5.41, 5.74) is 6.90. The second kappa shape index (κ2) is 7.23. The average molecular weight is 294 g/mol. The molecule has 4 heteroatoms. The van der Waals surface area contributed by atoms with Gasteiger partial charge in [0.1, 0.15) is 0 Å². The van der Waals surface area contributed by atoms with Gasteiger partial charge in [-0.3, -0.25) is 4.90 Å². The molecule has 0 aliphatic carbocycles. The molecule has 0 radical (unpaired) electrons. The Kier molecular flexibility index (Phi) is 5.59. The summed E-state index contributed by atoms with van der Waals surface area (Å²) in [7, 11) is 1.48. The van der Waals surface area contributed by atoms with Crippen LogP contribution in [-0.2, 0) is 0 Å². The van der Waals surface area contributed by atoms with Gasteiger partial charge in [0, 0.05) is 12.6 Å². The number of nitrogens with zero attached hydrogens (tertiary/aromatic N) is 1. The van der Waals surface area contributed by atoms with Crippen LogP contribution in [0.1, 0.15) is 38.3 Å². The van der Waals surface area contributed by atoms with E-state index in [-0.39, 0.29) is 17.6 Å². The van der Waals surface area contributed by atoms with Gasteiger partial charge in [0.05, 0.1) is 7.11 Å². The molecular formula is C17H27FN2O. The Morgan fingerprint density at radius 3 is 2.48 bits per heavy atom. The Morgan fingerprint density at radius 2 is 2.00 bits per heavy atom. The van der Waals surface area contributed by atoms with E-state index in [4.69, 9.17) is 10.5 Å². The SMILES string of the molecule is COc1ccc(C(CN)N2CCC(C(C)C)CC2)cc1F. The van der Waals surface area contributed by atoms with Crippen LogP contribution < -0.4 is 10.5 Å². The van der Waals surface area contributed by atoms with Crippen LogP contribution >= 0.6 is 0 Å². The molecule has 0 amide bonds. The van der Waals surface area contributed by atoms with Crippen molar-refractivity contribution in [1.29, 1.82) is 0 Å². The number of hydrogen-bond donors (Lipinski definition) is 1. The van der Waals surface area contributed by atoms with Crippen molar-refractivity contribution in [3.05, 3.63) is 29.6 Å². The fourth-order valence-corrected chi connectivity index (χ4v) is 3.28. The Hall–Kier alpha value is -1.13. The number of ether oxygens (including phenoxy) is 1. The topological polar surface area (TPSA) is 38.5 Å². The zero-order valence-electron chi connectivity index (χ0n) is 13.3. The van der Waals surface area contributed by atoms with Gasteiger partial charge in [0.2, 0.25) is 0 Å². The summed E-state index contributed by atoms with van der Waals surface area (Å²) in [6.45, 7) is 7.17. The van der Waals surface area contributed by atoms with Crippen LogP contribution in [0.4, 0.5) is 4.39 Å². The zero-order valence-corrected chi connectivity index (χ0v) is 13.3. The van der Waals surface area contributed by atoms with E-state index < -0.39 is 0 Å². The molecule has 1 unspecified atom stereocenters. The molecule has 0 aromatic heterocycles. The molecule has 1 fully saturated rings. The zero-order chi connectivity index (χ0) is 15.4. The van der Waals surface area contributed by atoms with Gasteiger partial charge in [-0.25, -0.2) is 4.39 Å². The summed E-state index contributed by atoms with van der Waals surface area (Å²) in [5.74, 6) is 1.51. The Morgan fingerprint density at radius 1 is 1.33 bits per heavy atom. The molecule has 1 saturated heterocycles. The lowest BCUT2D eigenvalue weighted by Gasteiger charge is -2.38. The number of halogens is 1. The van der Waals surface area contributed by atoms with Gasteiger partial charge >= 0.3 is 0 Å². The minimum Gasteiger partial charge on any atom is -0.494 e. The molecule has 1 atom stereocenters. The lowest BCUT2D eigenvalue weighted by atomic mass is 9.86. The average Bonchev–Trinajstić information content (AvgIpc) is 2.49. The maximum Gasteiger partial charge on any atom is 0.165 e. The van der Waals surface area contributed by atoms with Crippen LogP contribution in [0.5, 0.6) is 5.75 Å². The molecule has 0 bridgehead atoms. The van der Waals surface area contributed by atoms with Gasteiger partial charge in [-0.2, -0.15) is 0 Å². The van der Waals surface area contributed by atoms with Crippen LogP contribution in [-0.4, -0.2) is 31.6 Å². The molecule has 21 heavy (non-hydrogen) atoms. The molecule has 3 nitrogen and oxygen atoms in total. The molecule has 118 valence electrons. The molecular weight excluding hydrogens is 267 g/mol. The molecule has 0 spiro atoms. The summed E-state index contributed by atoms with van der Waals surface area (Å²) in [4.78, 5) is 2.39. The van der Waals surface area contributed by atoms with Crippen LogP contribution in [0, 0.1) is 17.7 Å². The molecule has 0 saturated carbocycles. The first-order chi connectivity index (χ1) is 10.1. The van der Waals surface area contributed by atoms with Crippen molar-refractivity contribution in [2.45, 2.75) is 32.7 Å². The molecule has 1 aromatic carbocycles. The van der Waals surface area contributed by atoms with Crippen LogP contribution in [0.15, 0.2) is 18.2 Å². The largest absolute Gasteiger partial charge is 0.494 e. The standard InChI is InChI=1S/C17H27FN2O/c1-12(2)13-6-8-20(9-7-13)16(11-19)14-4-5-17(21-3)15(18)10-14/h4-5,10,12-13,16H,6-9,11,19H2,1-3H3. The van der Waals surface area contributed by atoms with Crippen LogP contribution in [0.2, 0.25) is 0 Å². The summed E-state index contributed by atoms with van der Waals surface area (Å²) < 4.78 is 18.9. The summed E-state index contributed by atoms with van der Waals surface area (Å²) in [6.07, 6.45) is 2.40. The Bertz CT molecular complexity index is 456. The lowest BCUT2D eigenvalue weighted by molar-refractivity contribution is 0.117. The number of rotatable bonds is 5. The highest BCUT2D eigenvalue weighted by Gasteiger charge is 2.27. The van der Waals surface area contributed by atoms with Gasteiger partial charge in [-0.15, -0.1) is 0 Å². The van der Waals surface area contributed by atoms with Crippen LogP contribution in [0.3, 0.4) is 0 Å². The van der Waals surface area contributed by atoms with E-state index in [9.17, 15) is 4.39 Å².